The molecule has 0 bridgehead atoms. The Bertz CT molecular complexity index is 2700. The van der Waals surface area contributed by atoms with E-state index in [4.69, 9.17) is 4.98 Å². The molecule has 51 heavy (non-hydrogen) atoms. The summed E-state index contributed by atoms with van der Waals surface area (Å²) < 4.78 is 6.95. The predicted molar refractivity (Wildman–Crippen MR) is 213 cm³/mol. The number of anilines is 3. The standard InChI is InChI=1S/C46H38N5/c1-32(2)48-31-49(44-23-12-11-22-43(44)48)36-17-13-18-37(29-36)50(35-15-5-4-6-16-35)38-24-25-41-40-20-9-10-21-42(40)51(45(41)30-38)46-28-34(26-27-47-46)39-19-8-7-14-33(39)3/h4-32H,1-3H3/q+1. The summed E-state index contributed by atoms with van der Waals surface area (Å²) in [6, 6.07) is 56.8. The van der Waals surface area contributed by atoms with Gasteiger partial charge in [0.15, 0.2) is 17.4 Å². The van der Waals surface area contributed by atoms with E-state index in [2.05, 4.69) is 203 Å². The summed E-state index contributed by atoms with van der Waals surface area (Å²) in [5.74, 6) is 0.894. The largest absolute Gasteiger partial charge is 0.309 e. The van der Waals surface area contributed by atoms with Gasteiger partial charge in [-0.2, -0.15) is 4.57 Å². The lowest BCUT2D eigenvalue weighted by Gasteiger charge is -2.25. The van der Waals surface area contributed by atoms with E-state index in [0.29, 0.717) is 6.04 Å². The molecule has 0 spiro atoms. The number of hydrogen-bond donors (Lipinski definition) is 0. The van der Waals surface area contributed by atoms with E-state index in [0.717, 1.165) is 45.2 Å². The molecule has 0 saturated heterocycles. The summed E-state index contributed by atoms with van der Waals surface area (Å²) >= 11 is 0. The molecule has 0 aliphatic heterocycles. The number of aromatic nitrogens is 4. The average molecular weight is 661 g/mol. The highest BCUT2D eigenvalue weighted by atomic mass is 15.2. The van der Waals surface area contributed by atoms with E-state index in [9.17, 15) is 0 Å². The molecular weight excluding hydrogens is 623 g/mol. The van der Waals surface area contributed by atoms with Gasteiger partial charge in [-0.05, 0) is 104 Å². The summed E-state index contributed by atoms with van der Waals surface area (Å²) in [7, 11) is 0. The van der Waals surface area contributed by atoms with Gasteiger partial charge in [-0.3, -0.25) is 4.57 Å². The average Bonchev–Trinajstić information content (AvgIpc) is 3.72. The molecule has 0 atom stereocenters. The van der Waals surface area contributed by atoms with Crippen LogP contribution in [0.1, 0.15) is 25.5 Å². The van der Waals surface area contributed by atoms with Crippen LogP contribution in [0.4, 0.5) is 17.1 Å². The number of aryl methyl sites for hydroxylation is 1. The van der Waals surface area contributed by atoms with Crippen LogP contribution in [0.3, 0.4) is 0 Å². The van der Waals surface area contributed by atoms with E-state index in [1.54, 1.807) is 0 Å². The second kappa shape index (κ2) is 12.5. The smallest absolute Gasteiger partial charge is 0.191 e. The highest BCUT2D eigenvalue weighted by Gasteiger charge is 2.22. The molecule has 6 aromatic carbocycles. The quantitative estimate of drug-likeness (QED) is 0.159. The summed E-state index contributed by atoms with van der Waals surface area (Å²) in [5.41, 5.74) is 12.6. The fourth-order valence-corrected chi connectivity index (χ4v) is 7.51. The molecule has 0 unspecified atom stereocenters. The monoisotopic (exact) mass is 660 g/mol. The van der Waals surface area contributed by atoms with Crippen LogP contribution in [-0.2, 0) is 0 Å². The fourth-order valence-electron chi connectivity index (χ4n) is 7.51. The predicted octanol–water partition coefficient (Wildman–Crippen LogP) is 12.2. The number of pyridine rings is 1. The first-order chi connectivity index (χ1) is 25.0. The van der Waals surface area contributed by atoms with Crippen molar-refractivity contribution in [3.63, 3.8) is 0 Å². The maximum Gasteiger partial charge on any atom is 0.191 e. The Labute approximate surface area is 297 Å². The zero-order valence-corrected chi connectivity index (χ0v) is 29.0. The van der Waals surface area contributed by atoms with E-state index >= 15 is 0 Å². The first kappa shape index (κ1) is 30.6. The molecule has 0 radical (unpaired) electrons. The molecule has 3 heterocycles. The van der Waals surface area contributed by atoms with Gasteiger partial charge < -0.3 is 4.90 Å². The van der Waals surface area contributed by atoms with Crippen molar-refractivity contribution in [2.45, 2.75) is 26.8 Å². The summed E-state index contributed by atoms with van der Waals surface area (Å²) in [6.45, 7) is 6.62. The molecule has 9 aromatic rings. The van der Waals surface area contributed by atoms with Crippen LogP contribution < -0.4 is 4.90 Å². The highest BCUT2D eigenvalue weighted by molar-refractivity contribution is 6.10. The van der Waals surface area contributed by atoms with Crippen molar-refractivity contribution in [3.8, 4) is 22.6 Å². The summed E-state index contributed by atoms with van der Waals surface area (Å²) in [6.07, 6.45) is 4.15. The minimum absolute atomic E-state index is 0.338. The van der Waals surface area contributed by atoms with Gasteiger partial charge in [-0.1, -0.05) is 66.7 Å². The van der Waals surface area contributed by atoms with Crippen LogP contribution >= 0.6 is 0 Å². The Balaban J connectivity index is 1.24. The molecule has 0 saturated carbocycles. The minimum atomic E-state index is 0.338. The number of hydrogen-bond acceptors (Lipinski definition) is 2. The van der Waals surface area contributed by atoms with Crippen molar-refractivity contribution in [3.05, 3.63) is 176 Å². The van der Waals surface area contributed by atoms with Gasteiger partial charge in [0, 0.05) is 52.6 Å². The first-order valence-corrected chi connectivity index (χ1v) is 17.6. The van der Waals surface area contributed by atoms with Gasteiger partial charge in [0.1, 0.15) is 11.5 Å². The number of rotatable bonds is 7. The number of fused-ring (bicyclic) bond motifs is 4. The van der Waals surface area contributed by atoms with Crippen molar-refractivity contribution >= 4 is 49.9 Å². The minimum Gasteiger partial charge on any atom is -0.309 e. The number of nitrogens with zero attached hydrogens (tertiary/aromatic N) is 5. The molecule has 5 heteroatoms. The summed E-state index contributed by atoms with van der Waals surface area (Å²) in [4.78, 5) is 7.31. The maximum atomic E-state index is 4.96. The third kappa shape index (κ3) is 5.26. The van der Waals surface area contributed by atoms with Crippen LogP contribution in [-0.4, -0.2) is 18.7 Å². The molecule has 246 valence electrons. The Hall–Kier alpha value is -6.46. The summed E-state index contributed by atoms with van der Waals surface area (Å²) in [5, 5.41) is 2.39. The Morgan fingerprint density at radius 2 is 1.25 bits per heavy atom. The van der Waals surface area contributed by atoms with Crippen LogP contribution in [0.2, 0.25) is 0 Å². The highest BCUT2D eigenvalue weighted by Crippen LogP contribution is 2.40. The van der Waals surface area contributed by atoms with Gasteiger partial charge in [0.25, 0.3) is 0 Å². The lowest BCUT2D eigenvalue weighted by molar-refractivity contribution is 0.612. The normalized spacial score (nSPS) is 11.6. The number of imidazole rings is 1. The van der Waals surface area contributed by atoms with Gasteiger partial charge >= 0.3 is 0 Å². The molecule has 0 amide bonds. The zero-order valence-electron chi connectivity index (χ0n) is 29.0. The van der Waals surface area contributed by atoms with Crippen LogP contribution in [0, 0.1) is 6.92 Å². The van der Waals surface area contributed by atoms with Crippen LogP contribution in [0.15, 0.2) is 170 Å². The second-order valence-corrected chi connectivity index (χ2v) is 13.4. The molecule has 0 fully saturated rings. The number of benzene rings is 6. The van der Waals surface area contributed by atoms with E-state index in [1.807, 2.05) is 6.20 Å². The van der Waals surface area contributed by atoms with Crippen molar-refractivity contribution in [2.24, 2.45) is 0 Å². The second-order valence-electron chi connectivity index (χ2n) is 13.4. The molecule has 0 N–H and O–H groups in total. The first-order valence-electron chi connectivity index (χ1n) is 17.6. The molecule has 0 aliphatic rings. The van der Waals surface area contributed by atoms with Crippen molar-refractivity contribution in [1.82, 2.24) is 18.7 Å². The molecule has 0 aliphatic carbocycles. The molecule has 3 aromatic heterocycles. The van der Waals surface area contributed by atoms with Gasteiger partial charge in [0.05, 0.1) is 22.8 Å². The van der Waals surface area contributed by atoms with E-state index < -0.39 is 0 Å². The Morgan fingerprint density at radius 1 is 0.569 bits per heavy atom. The SMILES string of the molecule is Cc1ccccc1-c1ccnc(-n2c3ccccc3c3ccc(N(c4ccccc4)c4cccc(-n5[cH+]n(C(C)C)c6ccccc65)c4)cc32)c1. The van der Waals surface area contributed by atoms with E-state index in [1.165, 1.54) is 32.9 Å². The Morgan fingerprint density at radius 3 is 2.08 bits per heavy atom. The zero-order chi connectivity index (χ0) is 34.5. The molecule has 9 rings (SSSR count). The molecular formula is C46H38N5+. The lowest BCUT2D eigenvalue weighted by atomic mass is 10.0. The van der Waals surface area contributed by atoms with Gasteiger partial charge in [0.2, 0.25) is 0 Å². The maximum absolute atomic E-state index is 4.96. The van der Waals surface area contributed by atoms with Gasteiger partial charge in [-0.25, -0.2) is 9.55 Å². The van der Waals surface area contributed by atoms with Crippen molar-refractivity contribution in [1.29, 1.82) is 0 Å². The van der Waals surface area contributed by atoms with Crippen LogP contribution in [0.25, 0.3) is 55.5 Å². The van der Waals surface area contributed by atoms with Crippen molar-refractivity contribution < 1.29 is 0 Å². The number of para-hydroxylation sites is 4. The Kier molecular flexibility index (Phi) is 7.47. The molecule has 5 nitrogen and oxygen atoms in total. The fraction of sp³-hybridized carbons (Fsp3) is 0.0870. The van der Waals surface area contributed by atoms with Crippen LogP contribution in [0.5, 0.6) is 0 Å². The third-order valence-corrected chi connectivity index (χ3v) is 9.94. The van der Waals surface area contributed by atoms with Gasteiger partial charge in [-0.15, -0.1) is 0 Å². The van der Waals surface area contributed by atoms with E-state index in [-0.39, 0.29) is 0 Å². The third-order valence-electron chi connectivity index (χ3n) is 9.94. The lowest BCUT2D eigenvalue weighted by Crippen LogP contribution is -2.10. The topological polar surface area (TPSA) is 30.9 Å². The van der Waals surface area contributed by atoms with Crippen molar-refractivity contribution in [2.75, 3.05) is 4.90 Å².